The van der Waals surface area contributed by atoms with Crippen LogP contribution in [0.25, 0.3) is 0 Å². The molecule has 118 valence electrons. The summed E-state index contributed by atoms with van der Waals surface area (Å²) in [5, 5.41) is 10.7. The summed E-state index contributed by atoms with van der Waals surface area (Å²) < 4.78 is 29.4. The van der Waals surface area contributed by atoms with Gasteiger partial charge in [0.15, 0.2) is 0 Å². The molecule has 2 N–H and O–H groups in total. The van der Waals surface area contributed by atoms with Gasteiger partial charge >= 0.3 is 5.97 Å². The standard InChI is InChI=1S/C12H18N2O6S/c1-14(2)21(18,19)11-7-9(8-20-11)12(17)13-6-4-3-5-10(15)16/h7-8H,3-6H2,1-2H3,(H,13,17)(H,15,16). The number of sulfonamides is 1. The zero-order valence-corrected chi connectivity index (χ0v) is 12.6. The molecule has 0 spiro atoms. The van der Waals surface area contributed by atoms with E-state index in [0.717, 1.165) is 16.6 Å². The Labute approximate surface area is 122 Å². The minimum Gasteiger partial charge on any atom is -0.481 e. The van der Waals surface area contributed by atoms with Gasteiger partial charge in [-0.3, -0.25) is 9.59 Å². The predicted molar refractivity (Wildman–Crippen MR) is 73.4 cm³/mol. The quantitative estimate of drug-likeness (QED) is 0.675. The third kappa shape index (κ3) is 4.87. The lowest BCUT2D eigenvalue weighted by molar-refractivity contribution is -0.137. The van der Waals surface area contributed by atoms with Crippen LogP contribution in [-0.4, -0.2) is 50.3 Å². The van der Waals surface area contributed by atoms with E-state index in [0.29, 0.717) is 19.4 Å². The summed E-state index contributed by atoms with van der Waals surface area (Å²) in [6, 6.07) is 1.15. The summed E-state index contributed by atoms with van der Waals surface area (Å²) in [7, 11) is -0.985. The SMILES string of the molecule is CN(C)S(=O)(=O)c1cc(C(=O)NCCCCC(=O)O)co1. The fraction of sp³-hybridized carbons (Fsp3) is 0.500. The minimum atomic E-state index is -3.71. The Bertz CT molecular complexity index is 605. The van der Waals surface area contributed by atoms with Gasteiger partial charge in [-0.2, -0.15) is 0 Å². The summed E-state index contributed by atoms with van der Waals surface area (Å²) in [6.45, 7) is 0.313. The number of carbonyl (C=O) groups excluding carboxylic acids is 1. The van der Waals surface area contributed by atoms with Crippen LogP contribution in [0.5, 0.6) is 0 Å². The number of nitrogens with zero attached hydrogens (tertiary/aromatic N) is 1. The zero-order chi connectivity index (χ0) is 16.0. The Morgan fingerprint density at radius 3 is 2.57 bits per heavy atom. The topological polar surface area (TPSA) is 117 Å². The van der Waals surface area contributed by atoms with E-state index in [4.69, 9.17) is 9.52 Å². The molecule has 0 radical (unpaired) electrons. The molecule has 0 bridgehead atoms. The molecule has 1 aromatic heterocycles. The molecule has 21 heavy (non-hydrogen) atoms. The number of carbonyl (C=O) groups is 2. The van der Waals surface area contributed by atoms with Crippen LogP contribution in [0.15, 0.2) is 21.8 Å². The number of aliphatic carboxylic acids is 1. The second kappa shape index (κ2) is 7.23. The van der Waals surface area contributed by atoms with E-state index in [1.165, 1.54) is 14.1 Å². The van der Waals surface area contributed by atoms with Crippen molar-refractivity contribution < 1.29 is 27.5 Å². The molecule has 1 heterocycles. The first kappa shape index (κ1) is 17.2. The molecule has 8 nitrogen and oxygen atoms in total. The van der Waals surface area contributed by atoms with E-state index in [2.05, 4.69) is 5.32 Å². The number of amides is 1. The van der Waals surface area contributed by atoms with Crippen LogP contribution in [0.3, 0.4) is 0 Å². The lowest BCUT2D eigenvalue weighted by atomic mass is 10.2. The molecule has 1 amide bonds. The van der Waals surface area contributed by atoms with Gasteiger partial charge in [0.25, 0.3) is 15.9 Å². The smallest absolute Gasteiger partial charge is 0.303 e. The molecule has 0 atom stereocenters. The van der Waals surface area contributed by atoms with E-state index in [1.807, 2.05) is 0 Å². The van der Waals surface area contributed by atoms with Gasteiger partial charge in [-0.25, -0.2) is 12.7 Å². The first-order valence-electron chi connectivity index (χ1n) is 6.26. The Morgan fingerprint density at radius 1 is 1.33 bits per heavy atom. The number of carboxylic acids is 1. The summed E-state index contributed by atoms with van der Waals surface area (Å²) in [5.41, 5.74) is 0.105. The van der Waals surface area contributed by atoms with Crippen LogP contribution in [0.4, 0.5) is 0 Å². The van der Waals surface area contributed by atoms with Crippen molar-refractivity contribution >= 4 is 21.9 Å². The first-order chi connectivity index (χ1) is 9.75. The summed E-state index contributed by atoms with van der Waals surface area (Å²) >= 11 is 0. The number of rotatable bonds is 8. The third-order valence-electron chi connectivity index (χ3n) is 2.68. The predicted octanol–water partition coefficient (Wildman–Crippen LogP) is 0.515. The average Bonchev–Trinajstić information content (AvgIpc) is 2.87. The van der Waals surface area contributed by atoms with Crippen molar-refractivity contribution in [3.63, 3.8) is 0 Å². The molecule has 0 unspecified atom stereocenters. The minimum absolute atomic E-state index is 0.0484. The molecule has 1 rings (SSSR count). The molecule has 0 aliphatic rings. The van der Waals surface area contributed by atoms with Crippen LogP contribution in [0.2, 0.25) is 0 Å². The summed E-state index contributed by atoms with van der Waals surface area (Å²) in [6.07, 6.45) is 2.11. The lowest BCUT2D eigenvalue weighted by Gasteiger charge is -2.07. The highest BCUT2D eigenvalue weighted by Gasteiger charge is 2.23. The molecule has 0 aromatic carbocycles. The lowest BCUT2D eigenvalue weighted by Crippen LogP contribution is -2.24. The van der Waals surface area contributed by atoms with Gasteiger partial charge in [-0.15, -0.1) is 0 Å². The monoisotopic (exact) mass is 318 g/mol. The highest BCUT2D eigenvalue weighted by Crippen LogP contribution is 2.16. The fourth-order valence-corrected chi connectivity index (χ4v) is 2.26. The molecular formula is C12H18N2O6S. The number of hydrogen-bond donors (Lipinski definition) is 2. The molecular weight excluding hydrogens is 300 g/mol. The maximum absolute atomic E-state index is 11.8. The zero-order valence-electron chi connectivity index (χ0n) is 11.8. The van der Waals surface area contributed by atoms with Crippen LogP contribution >= 0.6 is 0 Å². The molecule has 9 heteroatoms. The number of hydrogen-bond acceptors (Lipinski definition) is 5. The Morgan fingerprint density at radius 2 is 2.00 bits per heavy atom. The van der Waals surface area contributed by atoms with Gasteiger partial charge in [0.05, 0.1) is 5.56 Å². The summed E-state index contributed by atoms with van der Waals surface area (Å²) in [5.74, 6) is -1.34. The fourth-order valence-electron chi connectivity index (χ4n) is 1.46. The number of unbranched alkanes of at least 4 members (excludes halogenated alkanes) is 1. The highest BCUT2D eigenvalue weighted by molar-refractivity contribution is 7.88. The number of nitrogens with one attached hydrogen (secondary N) is 1. The number of carboxylic acid groups (broad SMARTS) is 1. The van der Waals surface area contributed by atoms with Crippen LogP contribution < -0.4 is 5.32 Å². The van der Waals surface area contributed by atoms with Gasteiger partial charge in [0.2, 0.25) is 5.09 Å². The third-order valence-corrected chi connectivity index (χ3v) is 4.36. The molecule has 0 saturated carbocycles. The van der Waals surface area contributed by atoms with E-state index < -0.39 is 21.9 Å². The second-order valence-electron chi connectivity index (χ2n) is 4.55. The molecule has 0 aliphatic carbocycles. The van der Waals surface area contributed by atoms with E-state index >= 15 is 0 Å². The van der Waals surface area contributed by atoms with E-state index in [1.54, 1.807) is 0 Å². The maximum Gasteiger partial charge on any atom is 0.303 e. The van der Waals surface area contributed by atoms with Crippen molar-refractivity contribution in [2.75, 3.05) is 20.6 Å². The largest absolute Gasteiger partial charge is 0.481 e. The van der Waals surface area contributed by atoms with E-state index in [9.17, 15) is 18.0 Å². The normalized spacial score (nSPS) is 11.6. The summed E-state index contributed by atoms with van der Waals surface area (Å²) in [4.78, 5) is 22.1. The Kier molecular flexibility index (Phi) is 5.91. The van der Waals surface area contributed by atoms with Gasteiger partial charge in [0.1, 0.15) is 6.26 Å². The number of furan rings is 1. The van der Waals surface area contributed by atoms with Gasteiger partial charge in [-0.1, -0.05) is 0 Å². The molecule has 0 aliphatic heterocycles. The van der Waals surface area contributed by atoms with Crippen molar-refractivity contribution in [3.8, 4) is 0 Å². The van der Waals surface area contributed by atoms with Gasteiger partial charge in [-0.05, 0) is 12.8 Å². The molecule has 0 saturated heterocycles. The van der Waals surface area contributed by atoms with Crippen molar-refractivity contribution in [1.82, 2.24) is 9.62 Å². The van der Waals surface area contributed by atoms with Gasteiger partial charge < -0.3 is 14.8 Å². The second-order valence-corrected chi connectivity index (χ2v) is 6.63. The first-order valence-corrected chi connectivity index (χ1v) is 7.70. The maximum atomic E-state index is 11.8. The van der Waals surface area contributed by atoms with Crippen LogP contribution in [0, 0.1) is 0 Å². The average molecular weight is 318 g/mol. The molecule has 0 fully saturated rings. The van der Waals surface area contributed by atoms with Gasteiger partial charge in [0, 0.05) is 33.1 Å². The highest BCUT2D eigenvalue weighted by atomic mass is 32.2. The Hall–Kier alpha value is -1.87. The van der Waals surface area contributed by atoms with Crippen molar-refractivity contribution in [1.29, 1.82) is 0 Å². The van der Waals surface area contributed by atoms with Crippen LogP contribution in [-0.2, 0) is 14.8 Å². The van der Waals surface area contributed by atoms with Crippen molar-refractivity contribution in [2.24, 2.45) is 0 Å². The van der Waals surface area contributed by atoms with Crippen molar-refractivity contribution in [2.45, 2.75) is 24.4 Å². The van der Waals surface area contributed by atoms with E-state index in [-0.39, 0.29) is 17.1 Å². The van der Waals surface area contributed by atoms with Crippen molar-refractivity contribution in [3.05, 3.63) is 17.9 Å². The van der Waals surface area contributed by atoms with Crippen LogP contribution in [0.1, 0.15) is 29.6 Å². The molecule has 1 aromatic rings. The Balaban J connectivity index is 2.53.